The Labute approximate surface area is 191 Å². The summed E-state index contributed by atoms with van der Waals surface area (Å²) in [6.07, 6.45) is 3.91. The van der Waals surface area contributed by atoms with Crippen molar-refractivity contribution in [1.29, 1.82) is 0 Å². The van der Waals surface area contributed by atoms with E-state index in [1.165, 1.54) is 29.4 Å². The molecular formula is C22H28N6OS2. The molecule has 0 radical (unpaired) electrons. The number of amides is 1. The number of carbonyl (C=O) groups is 1. The zero-order chi connectivity index (χ0) is 21.1. The molecule has 2 fully saturated rings. The molecule has 5 unspecified atom stereocenters. The monoisotopic (exact) mass is 456 g/mol. The molecule has 9 heteroatoms. The number of hydrogen-bond acceptors (Lipinski definition) is 8. The normalized spacial score (nSPS) is 33.9. The van der Waals surface area contributed by atoms with Crippen LogP contribution in [0.3, 0.4) is 0 Å². The van der Waals surface area contributed by atoms with Crippen molar-refractivity contribution in [1.82, 2.24) is 15.6 Å². The van der Waals surface area contributed by atoms with Gasteiger partial charge in [-0.2, -0.15) is 0 Å². The van der Waals surface area contributed by atoms with E-state index >= 15 is 0 Å². The molecule has 31 heavy (non-hydrogen) atoms. The summed E-state index contributed by atoms with van der Waals surface area (Å²) >= 11 is 3.18. The molecular weight excluding hydrogens is 428 g/mol. The summed E-state index contributed by atoms with van der Waals surface area (Å²) in [5.41, 5.74) is 9.45. The SMILES string of the molecule is CC1=NC2SC(C(=O)NC3CCc4nc(N5CCC6CNCC65)ccc4C3)=C(N)C2S1. The molecule has 1 aliphatic carbocycles. The number of hydrogen-bond donors (Lipinski definition) is 3. The van der Waals surface area contributed by atoms with Crippen LogP contribution in [0.1, 0.15) is 31.0 Å². The lowest BCUT2D eigenvalue weighted by Crippen LogP contribution is -2.40. The van der Waals surface area contributed by atoms with E-state index in [1.54, 1.807) is 11.8 Å². The highest BCUT2D eigenvalue weighted by Crippen LogP contribution is 2.47. The average molecular weight is 457 g/mol. The van der Waals surface area contributed by atoms with Gasteiger partial charge >= 0.3 is 0 Å². The van der Waals surface area contributed by atoms with E-state index in [0.717, 1.165) is 55.7 Å². The number of nitrogens with two attached hydrogens (primary N) is 1. The fourth-order valence-electron chi connectivity index (χ4n) is 5.59. The quantitative estimate of drug-likeness (QED) is 0.636. The Bertz CT molecular complexity index is 994. The van der Waals surface area contributed by atoms with Crippen molar-refractivity contribution in [2.45, 2.75) is 55.3 Å². The maximum Gasteiger partial charge on any atom is 0.259 e. The van der Waals surface area contributed by atoms with Crippen LogP contribution in [0.2, 0.25) is 0 Å². The van der Waals surface area contributed by atoms with Crippen molar-refractivity contribution in [3.8, 4) is 0 Å². The van der Waals surface area contributed by atoms with Gasteiger partial charge in [0.05, 0.1) is 15.2 Å². The smallest absolute Gasteiger partial charge is 0.259 e. The molecule has 6 rings (SSSR count). The molecule has 1 aromatic rings. The molecule has 4 N–H and O–H groups in total. The molecule has 0 saturated carbocycles. The Morgan fingerprint density at radius 3 is 3.06 bits per heavy atom. The van der Waals surface area contributed by atoms with Gasteiger partial charge in [0.15, 0.2) is 0 Å². The zero-order valence-corrected chi connectivity index (χ0v) is 19.3. The number of rotatable bonds is 3. The van der Waals surface area contributed by atoms with Crippen LogP contribution in [0.15, 0.2) is 27.7 Å². The minimum Gasteiger partial charge on any atom is -0.400 e. The fourth-order valence-corrected chi connectivity index (χ4v) is 8.18. The predicted octanol–water partition coefficient (Wildman–Crippen LogP) is 1.63. The lowest BCUT2D eigenvalue weighted by molar-refractivity contribution is -0.117. The summed E-state index contributed by atoms with van der Waals surface area (Å²) in [5.74, 6) is 1.85. The summed E-state index contributed by atoms with van der Waals surface area (Å²) in [4.78, 5) is 25.7. The van der Waals surface area contributed by atoms with Gasteiger partial charge in [0.2, 0.25) is 0 Å². The van der Waals surface area contributed by atoms with Crippen LogP contribution < -0.4 is 21.3 Å². The van der Waals surface area contributed by atoms with Gasteiger partial charge in [0.25, 0.3) is 5.91 Å². The largest absolute Gasteiger partial charge is 0.400 e. The molecule has 0 aromatic carbocycles. The van der Waals surface area contributed by atoms with Crippen LogP contribution in [-0.2, 0) is 17.6 Å². The van der Waals surface area contributed by atoms with Crippen molar-refractivity contribution < 1.29 is 4.79 Å². The van der Waals surface area contributed by atoms with Crippen LogP contribution in [-0.4, -0.2) is 58.3 Å². The van der Waals surface area contributed by atoms with Gasteiger partial charge in [-0.3, -0.25) is 9.79 Å². The number of anilines is 1. The van der Waals surface area contributed by atoms with E-state index in [-0.39, 0.29) is 22.6 Å². The number of aromatic nitrogens is 1. The standard InChI is InChI=1S/C22H28N6OS2/c1-11-25-22-20(30-11)18(23)19(31-22)21(29)26-14-3-4-15-12(8-14)2-5-17(27-15)28-7-6-13-9-24-10-16(13)28/h2,5,13-14,16,20,22,24H,3-4,6-10,23H2,1H3,(H,26,29). The second-order valence-corrected chi connectivity index (χ2v) is 11.6. The number of aliphatic imine (C=N–C) groups is 1. The van der Waals surface area contributed by atoms with Crippen molar-refractivity contribution in [2.75, 3.05) is 24.5 Å². The third-order valence-corrected chi connectivity index (χ3v) is 9.86. The molecule has 5 aliphatic rings. The Morgan fingerprint density at radius 1 is 1.29 bits per heavy atom. The molecule has 1 amide bonds. The van der Waals surface area contributed by atoms with Crippen molar-refractivity contribution in [2.24, 2.45) is 16.6 Å². The van der Waals surface area contributed by atoms with Crippen LogP contribution in [0.25, 0.3) is 0 Å². The van der Waals surface area contributed by atoms with E-state index in [9.17, 15) is 4.79 Å². The Balaban J connectivity index is 1.12. The summed E-state index contributed by atoms with van der Waals surface area (Å²) in [5, 5.41) is 7.97. The Hall–Kier alpha value is -1.71. The molecule has 1 aromatic heterocycles. The number of aryl methyl sites for hydroxylation is 1. The first kappa shape index (κ1) is 19.9. The fraction of sp³-hybridized carbons (Fsp3) is 0.591. The summed E-state index contributed by atoms with van der Waals surface area (Å²) in [6.45, 7) is 5.32. The van der Waals surface area contributed by atoms with Gasteiger partial charge in [-0.25, -0.2) is 4.98 Å². The van der Waals surface area contributed by atoms with Crippen LogP contribution in [0.5, 0.6) is 0 Å². The maximum atomic E-state index is 12.9. The topological polar surface area (TPSA) is 95.6 Å². The molecule has 0 spiro atoms. The maximum absolute atomic E-state index is 12.9. The zero-order valence-electron chi connectivity index (χ0n) is 17.6. The van der Waals surface area contributed by atoms with Crippen molar-refractivity contribution in [3.05, 3.63) is 34.0 Å². The molecule has 5 heterocycles. The number of thioether (sulfide) groups is 2. The Morgan fingerprint density at radius 2 is 2.19 bits per heavy atom. The number of nitrogens with one attached hydrogen (secondary N) is 2. The van der Waals surface area contributed by atoms with Crippen LogP contribution >= 0.6 is 23.5 Å². The van der Waals surface area contributed by atoms with E-state index in [4.69, 9.17) is 10.7 Å². The number of nitrogens with zero attached hydrogens (tertiary/aromatic N) is 3. The molecule has 164 valence electrons. The molecule has 7 nitrogen and oxygen atoms in total. The van der Waals surface area contributed by atoms with E-state index < -0.39 is 0 Å². The van der Waals surface area contributed by atoms with Gasteiger partial charge in [-0.15, -0.1) is 0 Å². The first-order chi connectivity index (χ1) is 15.1. The van der Waals surface area contributed by atoms with Crippen molar-refractivity contribution >= 4 is 40.3 Å². The highest BCUT2D eigenvalue weighted by molar-refractivity contribution is 8.16. The number of carbonyl (C=O) groups excluding carboxylic acids is 1. The van der Waals surface area contributed by atoms with Crippen LogP contribution in [0.4, 0.5) is 5.82 Å². The van der Waals surface area contributed by atoms with Gasteiger partial charge in [0.1, 0.15) is 11.2 Å². The van der Waals surface area contributed by atoms with E-state index in [2.05, 4.69) is 32.7 Å². The Kier molecular flexibility index (Phi) is 4.96. The van der Waals surface area contributed by atoms with Crippen LogP contribution in [0, 0.1) is 5.92 Å². The molecule has 4 aliphatic heterocycles. The molecule has 2 saturated heterocycles. The van der Waals surface area contributed by atoms with E-state index in [1.807, 2.05) is 6.92 Å². The molecule has 0 bridgehead atoms. The lowest BCUT2D eigenvalue weighted by atomic mass is 9.91. The summed E-state index contributed by atoms with van der Waals surface area (Å²) < 4.78 is 0. The number of fused-ring (bicyclic) bond motifs is 3. The van der Waals surface area contributed by atoms with E-state index in [0.29, 0.717) is 16.6 Å². The first-order valence-electron chi connectivity index (χ1n) is 11.2. The predicted molar refractivity (Wildman–Crippen MR) is 127 cm³/mol. The minimum absolute atomic E-state index is 0.0415. The van der Waals surface area contributed by atoms with Gasteiger partial charge in [-0.1, -0.05) is 29.6 Å². The summed E-state index contributed by atoms with van der Waals surface area (Å²) in [7, 11) is 0. The van der Waals surface area contributed by atoms with Gasteiger partial charge in [0, 0.05) is 43.1 Å². The third kappa shape index (κ3) is 3.45. The van der Waals surface area contributed by atoms with Crippen molar-refractivity contribution in [3.63, 3.8) is 0 Å². The minimum atomic E-state index is -0.0415. The second kappa shape index (κ2) is 7.71. The highest BCUT2D eigenvalue weighted by Gasteiger charge is 2.42. The highest BCUT2D eigenvalue weighted by atomic mass is 32.2. The third-order valence-electron chi connectivity index (χ3n) is 7.20. The average Bonchev–Trinajstić information content (AvgIpc) is 3.50. The lowest BCUT2D eigenvalue weighted by Gasteiger charge is -2.29. The summed E-state index contributed by atoms with van der Waals surface area (Å²) in [6, 6.07) is 5.12. The van der Waals surface area contributed by atoms with Gasteiger partial charge in [-0.05, 0) is 50.2 Å². The first-order valence-corrected chi connectivity index (χ1v) is 13.0. The second-order valence-electron chi connectivity index (χ2n) is 9.14. The molecule has 5 atom stereocenters. The number of pyridine rings is 1. The van der Waals surface area contributed by atoms with Gasteiger partial charge < -0.3 is 21.3 Å².